The fourth-order valence-electron chi connectivity index (χ4n) is 4.46. The van der Waals surface area contributed by atoms with Crippen LogP contribution in [0.5, 0.6) is 0 Å². The summed E-state index contributed by atoms with van der Waals surface area (Å²) in [4.78, 5) is 39.6. The van der Waals surface area contributed by atoms with Crippen molar-refractivity contribution in [2.75, 3.05) is 6.54 Å². The highest BCUT2D eigenvalue weighted by molar-refractivity contribution is 6.09. The first-order valence-electron chi connectivity index (χ1n) is 11.7. The molecule has 34 heavy (non-hydrogen) atoms. The van der Waals surface area contributed by atoms with Crippen molar-refractivity contribution >= 4 is 28.6 Å². The van der Waals surface area contributed by atoms with Gasteiger partial charge < -0.3 is 10.6 Å². The van der Waals surface area contributed by atoms with Crippen LogP contribution in [0.4, 0.5) is 4.79 Å². The van der Waals surface area contributed by atoms with E-state index in [9.17, 15) is 14.4 Å². The quantitative estimate of drug-likeness (QED) is 0.506. The maximum Gasteiger partial charge on any atom is 0.325 e. The molecule has 1 aliphatic heterocycles. The number of nitrogens with one attached hydrogen (secondary N) is 2. The molecule has 1 aliphatic rings. The molecule has 2 atom stereocenters. The van der Waals surface area contributed by atoms with Crippen molar-refractivity contribution in [3.8, 4) is 0 Å². The molecule has 0 spiro atoms. The number of benzene rings is 3. The molecule has 0 bridgehead atoms. The average molecular weight is 458 g/mol. The van der Waals surface area contributed by atoms with Crippen LogP contribution in [-0.2, 0) is 21.5 Å². The average Bonchev–Trinajstić information content (AvgIpc) is 3.02. The second-order valence-corrected chi connectivity index (χ2v) is 9.64. The van der Waals surface area contributed by atoms with E-state index in [1.807, 2.05) is 61.5 Å². The third-order valence-corrected chi connectivity index (χ3v) is 6.40. The Kier molecular flexibility index (Phi) is 6.42. The van der Waals surface area contributed by atoms with Gasteiger partial charge in [0.2, 0.25) is 5.91 Å². The molecule has 6 heteroatoms. The van der Waals surface area contributed by atoms with Gasteiger partial charge in [0.25, 0.3) is 5.91 Å². The standard InChI is InChI=1S/C28H31N3O3/c1-18(2)15-20-9-11-21(12-10-20)19(3)29-25(32)17-31-26(33)28(4,30-27(31)34)24-14-13-22-7-5-6-8-23(22)16-24/h5-14,16,18-19H,15,17H2,1-4H3,(H,29,32)(H,30,34). The van der Waals surface area contributed by atoms with Gasteiger partial charge in [-0.25, -0.2) is 4.79 Å². The number of imide groups is 1. The number of urea groups is 1. The second kappa shape index (κ2) is 9.29. The van der Waals surface area contributed by atoms with E-state index in [2.05, 4.69) is 36.6 Å². The minimum Gasteiger partial charge on any atom is -0.348 e. The number of nitrogens with zero attached hydrogens (tertiary/aromatic N) is 1. The number of carbonyl (C=O) groups is 3. The number of hydrogen-bond acceptors (Lipinski definition) is 3. The first kappa shape index (κ1) is 23.5. The zero-order valence-corrected chi connectivity index (χ0v) is 20.1. The van der Waals surface area contributed by atoms with E-state index in [0.717, 1.165) is 27.7 Å². The highest BCUT2D eigenvalue weighted by Crippen LogP contribution is 2.31. The topological polar surface area (TPSA) is 78.5 Å². The molecule has 0 saturated carbocycles. The van der Waals surface area contributed by atoms with Gasteiger partial charge in [0.15, 0.2) is 0 Å². The fraction of sp³-hybridized carbons (Fsp3) is 0.321. The van der Waals surface area contributed by atoms with Crippen molar-refractivity contribution in [2.45, 2.75) is 45.7 Å². The van der Waals surface area contributed by atoms with Crippen molar-refractivity contribution in [2.24, 2.45) is 5.92 Å². The van der Waals surface area contributed by atoms with E-state index in [4.69, 9.17) is 0 Å². The molecular weight excluding hydrogens is 426 g/mol. The summed E-state index contributed by atoms with van der Waals surface area (Å²) in [6.07, 6.45) is 1.00. The van der Waals surface area contributed by atoms with Gasteiger partial charge in [0, 0.05) is 0 Å². The normalized spacial score (nSPS) is 18.9. The van der Waals surface area contributed by atoms with Gasteiger partial charge in [-0.3, -0.25) is 14.5 Å². The summed E-state index contributed by atoms with van der Waals surface area (Å²) < 4.78 is 0. The molecule has 3 aromatic carbocycles. The summed E-state index contributed by atoms with van der Waals surface area (Å²) in [5.41, 5.74) is 1.69. The molecule has 2 unspecified atom stereocenters. The molecule has 1 heterocycles. The van der Waals surface area contributed by atoms with Crippen molar-refractivity contribution in [3.63, 3.8) is 0 Å². The number of hydrogen-bond donors (Lipinski definition) is 2. The van der Waals surface area contributed by atoms with Gasteiger partial charge in [-0.1, -0.05) is 74.5 Å². The van der Waals surface area contributed by atoms with Crippen LogP contribution < -0.4 is 10.6 Å². The molecule has 4 rings (SSSR count). The van der Waals surface area contributed by atoms with Gasteiger partial charge in [-0.15, -0.1) is 0 Å². The minimum atomic E-state index is -1.22. The van der Waals surface area contributed by atoms with Gasteiger partial charge >= 0.3 is 6.03 Å². The van der Waals surface area contributed by atoms with Crippen LogP contribution in [0.25, 0.3) is 10.8 Å². The van der Waals surface area contributed by atoms with E-state index >= 15 is 0 Å². The zero-order valence-electron chi connectivity index (χ0n) is 20.1. The highest BCUT2D eigenvalue weighted by Gasteiger charge is 2.49. The predicted octanol–water partition coefficient (Wildman–Crippen LogP) is 4.68. The van der Waals surface area contributed by atoms with E-state index in [1.54, 1.807) is 6.92 Å². The van der Waals surface area contributed by atoms with Crippen molar-refractivity contribution in [3.05, 3.63) is 83.4 Å². The van der Waals surface area contributed by atoms with Crippen LogP contribution in [0.3, 0.4) is 0 Å². The summed E-state index contributed by atoms with van der Waals surface area (Å²) in [7, 11) is 0. The van der Waals surface area contributed by atoms with Crippen molar-refractivity contribution < 1.29 is 14.4 Å². The van der Waals surface area contributed by atoms with E-state index in [-0.39, 0.29) is 18.5 Å². The summed E-state index contributed by atoms with van der Waals surface area (Å²) in [5.74, 6) is -0.244. The Balaban J connectivity index is 1.43. The van der Waals surface area contributed by atoms with Crippen LogP contribution in [0.15, 0.2) is 66.7 Å². The SMILES string of the molecule is CC(C)Cc1ccc(C(C)NC(=O)CN2C(=O)NC(C)(c3ccc4ccccc4c3)C2=O)cc1. The van der Waals surface area contributed by atoms with Crippen LogP contribution >= 0.6 is 0 Å². The molecule has 0 aliphatic carbocycles. The Morgan fingerprint density at radius 2 is 1.65 bits per heavy atom. The molecule has 2 N–H and O–H groups in total. The van der Waals surface area contributed by atoms with Crippen molar-refractivity contribution in [1.29, 1.82) is 0 Å². The lowest BCUT2D eigenvalue weighted by Gasteiger charge is -2.23. The Labute approximate surface area is 200 Å². The Morgan fingerprint density at radius 3 is 2.32 bits per heavy atom. The third-order valence-electron chi connectivity index (χ3n) is 6.40. The van der Waals surface area contributed by atoms with E-state index in [0.29, 0.717) is 11.5 Å². The number of carbonyl (C=O) groups excluding carboxylic acids is 3. The van der Waals surface area contributed by atoms with Crippen LogP contribution in [0.1, 0.15) is 50.4 Å². The third kappa shape index (κ3) is 4.67. The largest absolute Gasteiger partial charge is 0.348 e. The molecule has 3 aromatic rings. The summed E-state index contributed by atoms with van der Waals surface area (Å²) in [6, 6.07) is 20.9. The molecular formula is C28H31N3O3. The van der Waals surface area contributed by atoms with E-state index < -0.39 is 17.5 Å². The number of fused-ring (bicyclic) bond motifs is 1. The smallest absolute Gasteiger partial charge is 0.325 e. The summed E-state index contributed by atoms with van der Waals surface area (Å²) >= 11 is 0. The number of rotatable bonds is 7. The van der Waals surface area contributed by atoms with E-state index in [1.165, 1.54) is 5.56 Å². The minimum absolute atomic E-state index is 0.242. The lowest BCUT2D eigenvalue weighted by Crippen LogP contribution is -2.43. The molecule has 1 saturated heterocycles. The van der Waals surface area contributed by atoms with Gasteiger partial charge in [-0.05, 0) is 59.7 Å². The molecule has 4 amide bonds. The van der Waals surface area contributed by atoms with Crippen molar-refractivity contribution in [1.82, 2.24) is 15.5 Å². The Morgan fingerprint density at radius 1 is 0.971 bits per heavy atom. The first-order chi connectivity index (χ1) is 16.2. The predicted molar refractivity (Wildman–Crippen MR) is 133 cm³/mol. The monoisotopic (exact) mass is 457 g/mol. The summed E-state index contributed by atoms with van der Waals surface area (Å²) in [5, 5.41) is 7.71. The van der Waals surface area contributed by atoms with Crippen LogP contribution in [0, 0.1) is 5.92 Å². The van der Waals surface area contributed by atoms with Crippen LogP contribution in [-0.4, -0.2) is 29.3 Å². The molecule has 0 radical (unpaired) electrons. The zero-order chi connectivity index (χ0) is 24.5. The maximum atomic E-state index is 13.3. The fourth-order valence-corrected chi connectivity index (χ4v) is 4.46. The Bertz CT molecular complexity index is 1240. The van der Waals surface area contributed by atoms with Gasteiger partial charge in [0.1, 0.15) is 12.1 Å². The van der Waals surface area contributed by atoms with Crippen LogP contribution in [0.2, 0.25) is 0 Å². The molecule has 6 nitrogen and oxygen atoms in total. The van der Waals surface area contributed by atoms with Gasteiger partial charge in [0.05, 0.1) is 6.04 Å². The molecule has 1 fully saturated rings. The summed E-state index contributed by atoms with van der Waals surface area (Å²) in [6.45, 7) is 7.59. The lowest BCUT2D eigenvalue weighted by atomic mass is 9.90. The second-order valence-electron chi connectivity index (χ2n) is 9.64. The molecule has 176 valence electrons. The number of amides is 4. The lowest BCUT2D eigenvalue weighted by molar-refractivity contribution is -0.135. The first-order valence-corrected chi connectivity index (χ1v) is 11.7. The maximum absolute atomic E-state index is 13.3. The molecule has 0 aromatic heterocycles. The highest BCUT2D eigenvalue weighted by atomic mass is 16.2. The Hall–Kier alpha value is -3.67. The van der Waals surface area contributed by atoms with Gasteiger partial charge in [-0.2, -0.15) is 0 Å².